The summed E-state index contributed by atoms with van der Waals surface area (Å²) in [5.41, 5.74) is 0.251. The average molecular weight is 340 g/mol. The molecule has 2 N–H and O–H groups in total. The van der Waals surface area contributed by atoms with E-state index in [2.05, 4.69) is 20.6 Å². The summed E-state index contributed by atoms with van der Waals surface area (Å²) in [4.78, 5) is 20.1. The number of nitrogens with zero attached hydrogens (tertiary/aromatic N) is 2. The van der Waals surface area contributed by atoms with E-state index in [4.69, 9.17) is 4.74 Å². The molecule has 2 unspecified atom stereocenters. The number of aromatic nitrogens is 2. The molecule has 2 fully saturated rings. The lowest BCUT2D eigenvalue weighted by Crippen LogP contribution is -2.32. The van der Waals surface area contributed by atoms with Crippen LogP contribution in [0.25, 0.3) is 0 Å². The third-order valence-electron chi connectivity index (χ3n) is 4.00. The van der Waals surface area contributed by atoms with Crippen molar-refractivity contribution in [1.82, 2.24) is 15.3 Å². The molecule has 9 heteroatoms. The van der Waals surface area contributed by atoms with Crippen molar-refractivity contribution < 1.29 is 17.9 Å². The molecule has 8 nitrogen and oxygen atoms in total. The molecule has 1 aromatic heterocycles. The lowest BCUT2D eigenvalue weighted by Gasteiger charge is -2.13. The Morgan fingerprint density at radius 3 is 2.91 bits per heavy atom. The standard InChI is InChI=1S/C14H20N4O4S/c19-14(15-7-11-2-1-4-22-11)12-6-13(17-9-16-12)18-10-3-5-23(20,21)8-10/h6,9-11H,1-5,7-8H2,(H,15,19)(H,16,17,18). The Labute approximate surface area is 135 Å². The van der Waals surface area contributed by atoms with Crippen LogP contribution in [0, 0.1) is 0 Å². The normalized spacial score (nSPS) is 26.1. The van der Waals surface area contributed by atoms with E-state index in [1.807, 2.05) is 0 Å². The Morgan fingerprint density at radius 2 is 2.22 bits per heavy atom. The maximum Gasteiger partial charge on any atom is 0.270 e. The molecular formula is C14H20N4O4S. The van der Waals surface area contributed by atoms with Crippen molar-refractivity contribution in [3.63, 3.8) is 0 Å². The molecule has 2 atom stereocenters. The van der Waals surface area contributed by atoms with Gasteiger partial charge in [0.2, 0.25) is 0 Å². The Bertz CT molecular complexity index is 673. The van der Waals surface area contributed by atoms with Gasteiger partial charge in [0.05, 0.1) is 17.6 Å². The first kappa shape index (κ1) is 16.1. The zero-order valence-corrected chi connectivity index (χ0v) is 13.5. The molecule has 2 aliphatic heterocycles. The summed E-state index contributed by atoms with van der Waals surface area (Å²) < 4.78 is 28.4. The van der Waals surface area contributed by atoms with Gasteiger partial charge in [0.25, 0.3) is 5.91 Å². The summed E-state index contributed by atoms with van der Waals surface area (Å²) in [6.45, 7) is 1.21. The van der Waals surface area contributed by atoms with Crippen LogP contribution in [0.2, 0.25) is 0 Å². The van der Waals surface area contributed by atoms with Gasteiger partial charge in [-0.15, -0.1) is 0 Å². The van der Waals surface area contributed by atoms with Crippen LogP contribution in [0.5, 0.6) is 0 Å². The molecule has 0 bridgehead atoms. The molecule has 0 saturated carbocycles. The van der Waals surface area contributed by atoms with Gasteiger partial charge in [0.1, 0.15) is 17.8 Å². The quantitative estimate of drug-likeness (QED) is 0.775. The van der Waals surface area contributed by atoms with Crippen LogP contribution in [0.15, 0.2) is 12.4 Å². The van der Waals surface area contributed by atoms with Crippen molar-refractivity contribution >= 4 is 21.6 Å². The number of hydrogen-bond donors (Lipinski definition) is 2. The number of amides is 1. The topological polar surface area (TPSA) is 110 Å². The third kappa shape index (κ3) is 4.38. The summed E-state index contributed by atoms with van der Waals surface area (Å²) in [5.74, 6) is 0.455. The van der Waals surface area contributed by atoms with E-state index in [0.29, 0.717) is 18.8 Å². The molecule has 0 aromatic carbocycles. The van der Waals surface area contributed by atoms with E-state index in [0.717, 1.165) is 19.4 Å². The first-order valence-corrected chi connectivity index (χ1v) is 9.53. The maximum absolute atomic E-state index is 12.1. The molecule has 0 radical (unpaired) electrons. The van der Waals surface area contributed by atoms with Crippen LogP contribution in [-0.4, -0.2) is 61.1 Å². The van der Waals surface area contributed by atoms with Crippen molar-refractivity contribution in [3.8, 4) is 0 Å². The second-order valence-electron chi connectivity index (χ2n) is 5.88. The molecular weight excluding hydrogens is 320 g/mol. The number of hydrogen-bond acceptors (Lipinski definition) is 7. The Kier molecular flexibility index (Phi) is 4.76. The second-order valence-corrected chi connectivity index (χ2v) is 8.11. The van der Waals surface area contributed by atoms with E-state index >= 15 is 0 Å². The fourth-order valence-corrected chi connectivity index (χ4v) is 4.45. The minimum absolute atomic E-state index is 0.0714. The molecule has 0 aliphatic carbocycles. The Balaban J connectivity index is 1.57. The van der Waals surface area contributed by atoms with E-state index in [-0.39, 0.29) is 35.3 Å². The zero-order valence-electron chi connectivity index (χ0n) is 12.7. The van der Waals surface area contributed by atoms with E-state index in [1.165, 1.54) is 12.4 Å². The molecule has 23 heavy (non-hydrogen) atoms. The SMILES string of the molecule is O=C(NCC1CCCO1)c1cc(NC2CCS(=O)(=O)C2)ncn1. The second kappa shape index (κ2) is 6.79. The van der Waals surface area contributed by atoms with Crippen LogP contribution >= 0.6 is 0 Å². The van der Waals surface area contributed by atoms with Crippen LogP contribution in [0.4, 0.5) is 5.82 Å². The predicted molar refractivity (Wildman–Crippen MR) is 84.0 cm³/mol. The van der Waals surface area contributed by atoms with E-state index in [9.17, 15) is 13.2 Å². The molecule has 126 valence electrons. The first-order chi connectivity index (χ1) is 11.0. The number of ether oxygens (including phenoxy) is 1. The maximum atomic E-state index is 12.1. The number of anilines is 1. The lowest BCUT2D eigenvalue weighted by atomic mass is 10.2. The van der Waals surface area contributed by atoms with Crippen molar-refractivity contribution in [3.05, 3.63) is 18.1 Å². The van der Waals surface area contributed by atoms with Gasteiger partial charge in [-0.2, -0.15) is 0 Å². The highest BCUT2D eigenvalue weighted by Gasteiger charge is 2.28. The summed E-state index contributed by atoms with van der Waals surface area (Å²) in [6.07, 6.45) is 3.89. The van der Waals surface area contributed by atoms with Crippen LogP contribution in [0.3, 0.4) is 0 Å². The third-order valence-corrected chi connectivity index (χ3v) is 5.77. The van der Waals surface area contributed by atoms with Gasteiger partial charge in [-0.3, -0.25) is 4.79 Å². The minimum Gasteiger partial charge on any atom is -0.376 e. The molecule has 1 amide bonds. The van der Waals surface area contributed by atoms with Gasteiger partial charge in [-0.25, -0.2) is 18.4 Å². The van der Waals surface area contributed by atoms with Gasteiger partial charge in [-0.1, -0.05) is 0 Å². The van der Waals surface area contributed by atoms with Crippen LogP contribution in [-0.2, 0) is 14.6 Å². The van der Waals surface area contributed by atoms with Crippen molar-refractivity contribution in [1.29, 1.82) is 0 Å². The van der Waals surface area contributed by atoms with Crippen LogP contribution in [0.1, 0.15) is 29.8 Å². The molecule has 2 saturated heterocycles. The first-order valence-electron chi connectivity index (χ1n) is 7.71. The predicted octanol–water partition coefficient (Wildman–Crippen LogP) is -0.0156. The van der Waals surface area contributed by atoms with Gasteiger partial charge in [0.15, 0.2) is 9.84 Å². The summed E-state index contributed by atoms with van der Waals surface area (Å²) in [7, 11) is -2.96. The van der Waals surface area contributed by atoms with E-state index in [1.54, 1.807) is 0 Å². The number of rotatable bonds is 5. The smallest absolute Gasteiger partial charge is 0.270 e. The van der Waals surface area contributed by atoms with Crippen molar-refractivity contribution in [2.75, 3.05) is 30.0 Å². The highest BCUT2D eigenvalue weighted by atomic mass is 32.2. The zero-order chi connectivity index (χ0) is 16.3. The Morgan fingerprint density at radius 1 is 1.35 bits per heavy atom. The summed E-state index contributed by atoms with van der Waals surface area (Å²) in [6, 6.07) is 1.37. The highest BCUT2D eigenvalue weighted by molar-refractivity contribution is 7.91. The lowest BCUT2D eigenvalue weighted by molar-refractivity contribution is 0.0853. The van der Waals surface area contributed by atoms with Crippen molar-refractivity contribution in [2.24, 2.45) is 0 Å². The Hall–Kier alpha value is -1.74. The number of sulfone groups is 1. The molecule has 0 spiro atoms. The number of carbonyl (C=O) groups is 1. The van der Waals surface area contributed by atoms with E-state index < -0.39 is 9.84 Å². The molecule has 1 aromatic rings. The molecule has 3 heterocycles. The van der Waals surface area contributed by atoms with Gasteiger partial charge >= 0.3 is 0 Å². The summed E-state index contributed by atoms with van der Waals surface area (Å²) in [5, 5.41) is 5.85. The van der Waals surface area contributed by atoms with Crippen molar-refractivity contribution in [2.45, 2.75) is 31.4 Å². The fourth-order valence-electron chi connectivity index (χ4n) is 2.78. The molecule has 3 rings (SSSR count). The number of nitrogens with one attached hydrogen (secondary N) is 2. The molecule has 2 aliphatic rings. The minimum atomic E-state index is -2.96. The monoisotopic (exact) mass is 340 g/mol. The highest BCUT2D eigenvalue weighted by Crippen LogP contribution is 2.16. The van der Waals surface area contributed by atoms with Crippen LogP contribution < -0.4 is 10.6 Å². The summed E-state index contributed by atoms with van der Waals surface area (Å²) >= 11 is 0. The largest absolute Gasteiger partial charge is 0.376 e. The van der Waals surface area contributed by atoms with Gasteiger partial charge in [0, 0.05) is 25.3 Å². The average Bonchev–Trinajstić information content (AvgIpc) is 3.14. The van der Waals surface area contributed by atoms with Gasteiger partial charge in [-0.05, 0) is 19.3 Å². The fraction of sp³-hybridized carbons (Fsp3) is 0.643. The van der Waals surface area contributed by atoms with Gasteiger partial charge < -0.3 is 15.4 Å². The number of carbonyl (C=O) groups excluding carboxylic acids is 1.